The van der Waals surface area contributed by atoms with Crippen molar-refractivity contribution in [2.75, 3.05) is 0 Å². The fraction of sp³-hybridized carbons (Fsp3) is 0.214. The Morgan fingerprint density at radius 1 is 1.42 bits per heavy atom. The summed E-state index contributed by atoms with van der Waals surface area (Å²) in [7, 11) is 0. The summed E-state index contributed by atoms with van der Waals surface area (Å²) in [6, 6.07) is 6.85. The van der Waals surface area contributed by atoms with Crippen LogP contribution in [-0.4, -0.2) is 4.98 Å². The second-order valence-corrected chi connectivity index (χ2v) is 5.16. The van der Waals surface area contributed by atoms with Crippen LogP contribution in [0.3, 0.4) is 0 Å². The third-order valence-corrected chi connectivity index (χ3v) is 3.98. The van der Waals surface area contributed by atoms with Crippen molar-refractivity contribution in [3.05, 3.63) is 63.6 Å². The van der Waals surface area contributed by atoms with Crippen LogP contribution in [0.1, 0.15) is 22.7 Å². The van der Waals surface area contributed by atoms with Crippen molar-refractivity contribution in [2.45, 2.75) is 19.4 Å². The molecule has 0 aliphatic heterocycles. The summed E-state index contributed by atoms with van der Waals surface area (Å²) in [6.45, 7) is 1.98. The second-order valence-electron chi connectivity index (χ2n) is 4.37. The van der Waals surface area contributed by atoms with Crippen LogP contribution in [0.15, 0.2) is 41.1 Å². The molecule has 0 radical (unpaired) electrons. The molecule has 0 aliphatic rings. The molecule has 1 heterocycles. The van der Waals surface area contributed by atoms with Gasteiger partial charge in [-0.1, -0.05) is 12.1 Å². The highest BCUT2D eigenvalue weighted by Crippen LogP contribution is 2.26. The van der Waals surface area contributed by atoms with Crippen molar-refractivity contribution in [3.8, 4) is 0 Å². The van der Waals surface area contributed by atoms with Gasteiger partial charge in [-0.3, -0.25) is 16.3 Å². The van der Waals surface area contributed by atoms with Gasteiger partial charge in [0.15, 0.2) is 0 Å². The molecule has 1 unspecified atom stereocenters. The van der Waals surface area contributed by atoms with Crippen LogP contribution in [0.25, 0.3) is 0 Å². The first-order valence-corrected chi connectivity index (χ1v) is 6.72. The van der Waals surface area contributed by atoms with E-state index >= 15 is 0 Å². The van der Waals surface area contributed by atoms with Gasteiger partial charge in [0.1, 0.15) is 5.82 Å². The summed E-state index contributed by atoms with van der Waals surface area (Å²) in [4.78, 5) is 4.06. The van der Waals surface area contributed by atoms with E-state index in [0.29, 0.717) is 10.9 Å². The number of aryl methyl sites for hydroxylation is 1. The molecule has 2 rings (SSSR count). The van der Waals surface area contributed by atoms with Crippen molar-refractivity contribution in [1.82, 2.24) is 10.4 Å². The molecule has 1 aromatic carbocycles. The maximum absolute atomic E-state index is 13.5. The summed E-state index contributed by atoms with van der Waals surface area (Å²) in [5.74, 6) is 5.37. The lowest BCUT2D eigenvalue weighted by molar-refractivity contribution is 0.543. The van der Waals surface area contributed by atoms with Gasteiger partial charge in [0.05, 0.1) is 10.5 Å². The number of pyridine rings is 1. The Hall–Kier alpha value is -1.30. The van der Waals surface area contributed by atoms with Crippen LogP contribution < -0.4 is 11.3 Å². The van der Waals surface area contributed by atoms with Crippen LogP contribution >= 0.6 is 15.9 Å². The Kier molecular flexibility index (Phi) is 4.63. The van der Waals surface area contributed by atoms with E-state index in [9.17, 15) is 4.39 Å². The lowest BCUT2D eigenvalue weighted by atomic mass is 9.97. The van der Waals surface area contributed by atoms with Gasteiger partial charge in [-0.2, -0.15) is 0 Å². The molecule has 19 heavy (non-hydrogen) atoms. The van der Waals surface area contributed by atoms with Crippen molar-refractivity contribution >= 4 is 15.9 Å². The Morgan fingerprint density at radius 2 is 2.21 bits per heavy atom. The number of rotatable bonds is 4. The molecular weight excluding hydrogens is 309 g/mol. The van der Waals surface area contributed by atoms with Crippen LogP contribution in [0.2, 0.25) is 0 Å². The van der Waals surface area contributed by atoms with Gasteiger partial charge in [-0.25, -0.2) is 4.39 Å². The lowest BCUT2D eigenvalue weighted by Crippen LogP contribution is -2.30. The monoisotopic (exact) mass is 323 g/mol. The van der Waals surface area contributed by atoms with E-state index in [1.54, 1.807) is 18.5 Å². The number of halogens is 2. The zero-order valence-electron chi connectivity index (χ0n) is 10.5. The van der Waals surface area contributed by atoms with Crippen LogP contribution in [0, 0.1) is 12.7 Å². The molecule has 3 N–H and O–H groups in total. The van der Waals surface area contributed by atoms with Gasteiger partial charge >= 0.3 is 0 Å². The van der Waals surface area contributed by atoms with Gasteiger partial charge in [0.2, 0.25) is 0 Å². The second kappa shape index (κ2) is 6.23. The fourth-order valence-corrected chi connectivity index (χ4v) is 2.49. The Morgan fingerprint density at radius 3 is 2.89 bits per heavy atom. The molecule has 3 nitrogen and oxygen atoms in total. The van der Waals surface area contributed by atoms with E-state index in [-0.39, 0.29) is 11.9 Å². The van der Waals surface area contributed by atoms with Crippen molar-refractivity contribution in [2.24, 2.45) is 5.84 Å². The molecule has 0 spiro atoms. The Balaban J connectivity index is 2.30. The zero-order chi connectivity index (χ0) is 13.8. The molecule has 0 saturated carbocycles. The molecule has 1 atom stereocenters. The SMILES string of the molecule is Cc1cnccc1C(Cc1cccc(F)c1Br)NN. The number of nitrogens with two attached hydrogens (primary N) is 1. The first-order valence-electron chi connectivity index (χ1n) is 5.93. The Labute approximate surface area is 120 Å². The average Bonchev–Trinajstić information content (AvgIpc) is 2.41. The molecule has 5 heteroatoms. The van der Waals surface area contributed by atoms with E-state index in [1.807, 2.05) is 19.1 Å². The predicted molar refractivity (Wildman–Crippen MR) is 76.8 cm³/mol. The van der Waals surface area contributed by atoms with Crippen LogP contribution in [0.4, 0.5) is 4.39 Å². The maximum atomic E-state index is 13.5. The average molecular weight is 324 g/mol. The van der Waals surface area contributed by atoms with Crippen molar-refractivity contribution in [1.29, 1.82) is 0 Å². The minimum atomic E-state index is -0.264. The minimum absolute atomic E-state index is 0.0823. The molecule has 0 amide bonds. The number of nitrogens with zero attached hydrogens (tertiary/aromatic N) is 1. The van der Waals surface area contributed by atoms with E-state index in [1.165, 1.54) is 6.07 Å². The third kappa shape index (κ3) is 3.18. The van der Waals surface area contributed by atoms with Gasteiger partial charge in [0.25, 0.3) is 0 Å². The molecule has 0 saturated heterocycles. The molecule has 1 aromatic heterocycles. The number of benzene rings is 1. The molecule has 0 fully saturated rings. The minimum Gasteiger partial charge on any atom is -0.271 e. The standard InChI is InChI=1S/C14H15BrFN3/c1-9-8-18-6-5-11(9)13(19-17)7-10-3-2-4-12(16)14(10)15/h2-6,8,13,19H,7,17H2,1H3. The summed E-state index contributed by atoms with van der Waals surface area (Å²) < 4.78 is 14.0. The number of aromatic nitrogens is 1. The number of nitrogens with one attached hydrogen (secondary N) is 1. The molecular formula is C14H15BrFN3. The maximum Gasteiger partial charge on any atom is 0.137 e. The summed E-state index contributed by atoms with van der Waals surface area (Å²) in [5.41, 5.74) is 5.77. The molecule has 100 valence electrons. The van der Waals surface area contributed by atoms with Gasteiger partial charge in [-0.15, -0.1) is 0 Å². The highest BCUT2D eigenvalue weighted by Gasteiger charge is 2.15. The lowest BCUT2D eigenvalue weighted by Gasteiger charge is -2.19. The van der Waals surface area contributed by atoms with Gasteiger partial charge in [-0.05, 0) is 58.1 Å². The summed E-state index contributed by atoms with van der Waals surface area (Å²) in [6.07, 6.45) is 4.12. The third-order valence-electron chi connectivity index (χ3n) is 3.10. The number of hydrogen-bond donors (Lipinski definition) is 2. The van der Waals surface area contributed by atoms with E-state index in [0.717, 1.165) is 16.7 Å². The van der Waals surface area contributed by atoms with Gasteiger partial charge < -0.3 is 0 Å². The highest BCUT2D eigenvalue weighted by atomic mass is 79.9. The smallest absolute Gasteiger partial charge is 0.137 e. The fourth-order valence-electron chi connectivity index (χ4n) is 2.06. The summed E-state index contributed by atoms with van der Waals surface area (Å²) >= 11 is 3.27. The first kappa shape index (κ1) is 14.1. The molecule has 0 bridgehead atoms. The summed E-state index contributed by atoms with van der Waals surface area (Å²) in [5, 5.41) is 0. The van der Waals surface area contributed by atoms with Crippen molar-refractivity contribution in [3.63, 3.8) is 0 Å². The quantitative estimate of drug-likeness (QED) is 0.671. The van der Waals surface area contributed by atoms with E-state index in [2.05, 4.69) is 26.3 Å². The number of hydrazine groups is 1. The van der Waals surface area contributed by atoms with Crippen LogP contribution in [-0.2, 0) is 6.42 Å². The van der Waals surface area contributed by atoms with Gasteiger partial charge in [0, 0.05) is 12.4 Å². The predicted octanol–water partition coefficient (Wildman–Crippen LogP) is 3.04. The van der Waals surface area contributed by atoms with Crippen LogP contribution in [0.5, 0.6) is 0 Å². The first-order chi connectivity index (χ1) is 9.13. The van der Waals surface area contributed by atoms with E-state index < -0.39 is 0 Å². The number of hydrogen-bond acceptors (Lipinski definition) is 3. The highest BCUT2D eigenvalue weighted by molar-refractivity contribution is 9.10. The Bertz CT molecular complexity index is 574. The zero-order valence-corrected chi connectivity index (χ0v) is 12.1. The van der Waals surface area contributed by atoms with E-state index in [4.69, 9.17) is 5.84 Å². The largest absolute Gasteiger partial charge is 0.271 e. The topological polar surface area (TPSA) is 50.9 Å². The molecule has 2 aromatic rings. The molecule has 0 aliphatic carbocycles. The van der Waals surface area contributed by atoms with Crippen molar-refractivity contribution < 1.29 is 4.39 Å². The normalized spacial score (nSPS) is 12.4.